The fourth-order valence-corrected chi connectivity index (χ4v) is 4.65. The molecule has 0 saturated carbocycles. The third-order valence-corrected chi connectivity index (χ3v) is 6.26. The Morgan fingerprint density at radius 1 is 0.966 bits per heavy atom. The summed E-state index contributed by atoms with van der Waals surface area (Å²) >= 11 is 1.46. The van der Waals surface area contributed by atoms with Gasteiger partial charge < -0.3 is 14.9 Å². The van der Waals surface area contributed by atoms with Crippen LogP contribution in [0.4, 0.5) is 20.9 Å². The molecule has 2 aliphatic heterocycles. The van der Waals surface area contributed by atoms with Crippen LogP contribution in [0.2, 0.25) is 0 Å². The topological polar surface area (TPSA) is 52.0 Å². The number of aromatic nitrogens is 1. The summed E-state index contributed by atoms with van der Waals surface area (Å²) in [7, 11) is 0. The molecule has 3 heterocycles. The van der Waals surface area contributed by atoms with Crippen LogP contribution in [0.25, 0.3) is 11.6 Å². The maximum atomic E-state index is 14.0. The van der Waals surface area contributed by atoms with Crippen LogP contribution in [0.3, 0.4) is 0 Å². The number of fused-ring (bicyclic) bond motifs is 1. The number of benzene rings is 2. The number of aromatic hydroxyl groups is 1. The summed E-state index contributed by atoms with van der Waals surface area (Å²) in [5, 5.41) is 11.1. The first-order chi connectivity index (χ1) is 14.2. The summed E-state index contributed by atoms with van der Waals surface area (Å²) in [6.45, 7) is 2.86. The van der Waals surface area contributed by atoms with E-state index in [1.54, 1.807) is 6.07 Å². The fourth-order valence-electron chi connectivity index (χ4n) is 3.68. The Bertz CT molecular complexity index is 1120. The van der Waals surface area contributed by atoms with Crippen LogP contribution in [0.15, 0.2) is 53.5 Å². The van der Waals surface area contributed by atoms with Crippen molar-refractivity contribution in [3.8, 4) is 5.88 Å². The molecular weight excluding hydrogens is 387 g/mol. The molecule has 0 radical (unpaired) electrons. The molecule has 1 fully saturated rings. The first kappa shape index (κ1) is 17.9. The van der Waals surface area contributed by atoms with Gasteiger partial charge in [-0.05, 0) is 24.3 Å². The molecular formula is C22H19FN4OS. The van der Waals surface area contributed by atoms with Crippen molar-refractivity contribution in [2.24, 2.45) is 4.99 Å². The third kappa shape index (κ3) is 3.38. The number of thiazole rings is 1. The molecule has 146 valence electrons. The van der Waals surface area contributed by atoms with Crippen molar-refractivity contribution in [3.05, 3.63) is 64.8 Å². The summed E-state index contributed by atoms with van der Waals surface area (Å²) in [6.07, 6.45) is 3.75. The molecule has 5 rings (SSSR count). The predicted octanol–water partition coefficient (Wildman–Crippen LogP) is 4.57. The molecule has 7 heteroatoms. The first-order valence-electron chi connectivity index (χ1n) is 9.48. The van der Waals surface area contributed by atoms with E-state index in [1.807, 2.05) is 53.6 Å². The van der Waals surface area contributed by atoms with Crippen LogP contribution >= 0.6 is 11.3 Å². The largest absolute Gasteiger partial charge is 0.492 e. The van der Waals surface area contributed by atoms with Gasteiger partial charge in [-0.15, -0.1) is 0 Å². The smallest absolute Gasteiger partial charge is 0.231 e. The standard InChI is InChI=1S/C22H19FN4OS/c23-17-6-2-4-8-19(17)26-9-11-27(12-10-26)22-25-21(28)20(29-22)13-15-14-24-18-7-3-1-5-16(15)18/h1-8,13-14,28H,9-12H2/b15-13-. The molecule has 2 aliphatic rings. The van der Waals surface area contributed by atoms with E-state index in [2.05, 4.69) is 14.9 Å². The van der Waals surface area contributed by atoms with Crippen LogP contribution in [0.1, 0.15) is 10.4 Å². The number of aliphatic imine (C=N–C) groups is 1. The van der Waals surface area contributed by atoms with Crippen molar-refractivity contribution in [3.63, 3.8) is 0 Å². The van der Waals surface area contributed by atoms with E-state index in [4.69, 9.17) is 0 Å². The van der Waals surface area contributed by atoms with Gasteiger partial charge in [-0.25, -0.2) is 4.39 Å². The van der Waals surface area contributed by atoms with Crippen molar-refractivity contribution in [2.75, 3.05) is 36.0 Å². The molecule has 0 atom stereocenters. The molecule has 1 N–H and O–H groups in total. The summed E-state index contributed by atoms with van der Waals surface area (Å²) in [5.74, 6) is -0.160. The maximum Gasteiger partial charge on any atom is 0.231 e. The monoisotopic (exact) mass is 406 g/mol. The lowest BCUT2D eigenvalue weighted by molar-refractivity contribution is 0.455. The highest BCUT2D eigenvalue weighted by molar-refractivity contribution is 7.16. The first-order valence-corrected chi connectivity index (χ1v) is 10.3. The van der Waals surface area contributed by atoms with Crippen molar-refractivity contribution < 1.29 is 9.50 Å². The van der Waals surface area contributed by atoms with E-state index in [1.165, 1.54) is 17.4 Å². The number of nitrogens with zero attached hydrogens (tertiary/aromatic N) is 4. The summed E-state index contributed by atoms with van der Waals surface area (Å²) in [4.78, 5) is 13.7. The van der Waals surface area contributed by atoms with Crippen molar-refractivity contribution in [1.29, 1.82) is 0 Å². The second-order valence-corrected chi connectivity index (χ2v) is 7.99. The summed E-state index contributed by atoms with van der Waals surface area (Å²) in [5.41, 5.74) is 3.60. The van der Waals surface area contributed by atoms with Gasteiger partial charge in [0.25, 0.3) is 0 Å². The minimum Gasteiger partial charge on any atom is -0.492 e. The van der Waals surface area contributed by atoms with E-state index in [0.717, 1.165) is 39.9 Å². The van der Waals surface area contributed by atoms with Gasteiger partial charge in [0.1, 0.15) is 5.82 Å². The predicted molar refractivity (Wildman–Crippen MR) is 117 cm³/mol. The second kappa shape index (κ2) is 7.33. The van der Waals surface area contributed by atoms with Crippen LogP contribution in [0, 0.1) is 5.82 Å². The van der Waals surface area contributed by atoms with Gasteiger partial charge in [-0.1, -0.05) is 41.7 Å². The Morgan fingerprint density at radius 3 is 2.52 bits per heavy atom. The van der Waals surface area contributed by atoms with E-state index < -0.39 is 0 Å². The molecule has 0 bridgehead atoms. The Balaban J connectivity index is 1.33. The Kier molecular flexibility index (Phi) is 4.52. The molecule has 0 aliphatic carbocycles. The average molecular weight is 406 g/mol. The van der Waals surface area contributed by atoms with Gasteiger partial charge in [0, 0.05) is 43.5 Å². The van der Waals surface area contributed by atoms with Crippen LogP contribution in [-0.2, 0) is 0 Å². The zero-order valence-corrected chi connectivity index (χ0v) is 16.4. The number of hydrogen-bond donors (Lipinski definition) is 1. The van der Waals surface area contributed by atoms with E-state index in [-0.39, 0.29) is 11.7 Å². The fraction of sp³-hybridized carbons (Fsp3) is 0.182. The lowest BCUT2D eigenvalue weighted by atomic mass is 10.1. The van der Waals surface area contributed by atoms with Gasteiger partial charge in [0.15, 0.2) is 5.13 Å². The molecule has 0 unspecified atom stereocenters. The molecule has 2 aromatic carbocycles. The number of piperazine rings is 1. The van der Waals surface area contributed by atoms with E-state index in [0.29, 0.717) is 18.8 Å². The van der Waals surface area contributed by atoms with Crippen molar-refractivity contribution >= 4 is 45.7 Å². The van der Waals surface area contributed by atoms with Gasteiger partial charge >= 0.3 is 0 Å². The minimum absolute atomic E-state index is 0.0341. The van der Waals surface area contributed by atoms with Gasteiger partial charge in [-0.2, -0.15) is 4.98 Å². The minimum atomic E-state index is -0.194. The summed E-state index contributed by atoms with van der Waals surface area (Å²) in [6, 6.07) is 14.8. The number of hydrogen-bond acceptors (Lipinski definition) is 6. The van der Waals surface area contributed by atoms with Crippen molar-refractivity contribution in [2.45, 2.75) is 0 Å². The lowest BCUT2D eigenvalue weighted by Gasteiger charge is -2.36. The highest BCUT2D eigenvalue weighted by Gasteiger charge is 2.23. The highest BCUT2D eigenvalue weighted by atomic mass is 32.1. The Labute approximate surface area is 172 Å². The summed E-state index contributed by atoms with van der Waals surface area (Å²) < 4.78 is 14.0. The molecule has 0 spiro atoms. The van der Waals surface area contributed by atoms with Gasteiger partial charge in [0.05, 0.1) is 16.3 Å². The molecule has 1 aromatic heterocycles. The molecule has 1 saturated heterocycles. The average Bonchev–Trinajstić information content (AvgIpc) is 3.33. The molecule has 5 nitrogen and oxygen atoms in total. The van der Waals surface area contributed by atoms with Crippen LogP contribution < -0.4 is 9.80 Å². The SMILES string of the molecule is Oc1nc(N2CCN(c3ccccc3F)CC2)sc1/C=C1/C=Nc2ccccc21. The molecule has 29 heavy (non-hydrogen) atoms. The second-order valence-electron chi connectivity index (χ2n) is 6.98. The van der Waals surface area contributed by atoms with Gasteiger partial charge in [0.2, 0.25) is 5.88 Å². The number of anilines is 2. The van der Waals surface area contributed by atoms with E-state index in [9.17, 15) is 9.50 Å². The van der Waals surface area contributed by atoms with Crippen LogP contribution in [-0.4, -0.2) is 42.5 Å². The number of halogens is 1. The quantitative estimate of drug-likeness (QED) is 0.692. The highest BCUT2D eigenvalue weighted by Crippen LogP contribution is 2.37. The normalized spacial score (nSPS) is 17.2. The maximum absolute atomic E-state index is 14.0. The lowest BCUT2D eigenvalue weighted by Crippen LogP contribution is -2.46. The Hall–Kier alpha value is -3.19. The Morgan fingerprint density at radius 2 is 1.69 bits per heavy atom. The zero-order valence-electron chi connectivity index (χ0n) is 15.6. The number of allylic oxidation sites excluding steroid dienone is 1. The van der Waals surface area contributed by atoms with Crippen LogP contribution in [0.5, 0.6) is 5.88 Å². The van der Waals surface area contributed by atoms with Crippen molar-refractivity contribution in [1.82, 2.24) is 4.98 Å². The number of rotatable bonds is 3. The molecule has 3 aromatic rings. The van der Waals surface area contributed by atoms with E-state index >= 15 is 0 Å². The molecule has 0 amide bonds. The zero-order chi connectivity index (χ0) is 19.8. The van der Waals surface area contributed by atoms with Gasteiger partial charge in [-0.3, -0.25) is 4.99 Å². The number of para-hydroxylation sites is 2. The third-order valence-electron chi connectivity index (χ3n) is 5.21.